The molecule has 1 aliphatic rings. The number of aliphatic hydroxyl groups excluding tert-OH is 1. The normalized spacial score (nSPS) is 18.4. The fourth-order valence-electron chi connectivity index (χ4n) is 2.11. The van der Waals surface area contributed by atoms with E-state index in [2.05, 4.69) is 0 Å². The fourth-order valence-corrected chi connectivity index (χ4v) is 2.11. The van der Waals surface area contributed by atoms with E-state index in [4.69, 9.17) is 4.74 Å². The molecule has 1 fully saturated rings. The Hall–Kier alpha value is -1.88. The van der Waals surface area contributed by atoms with Crippen LogP contribution in [-0.2, 0) is 9.53 Å². The number of anilines is 1. The number of nitrogens with zero attached hydrogens (tertiary/aromatic N) is 1. The highest BCUT2D eigenvalue weighted by molar-refractivity contribution is 5.97. The average molecular weight is 277 g/mol. The fraction of sp³-hybridized carbons (Fsp3) is 0.467. The molecule has 1 saturated heterocycles. The Bertz CT molecular complexity index is 483. The van der Waals surface area contributed by atoms with Crippen molar-refractivity contribution >= 4 is 17.6 Å². The lowest BCUT2D eigenvalue weighted by Gasteiger charge is -2.16. The molecule has 0 radical (unpaired) electrons. The second-order valence-corrected chi connectivity index (χ2v) is 4.90. The predicted molar refractivity (Wildman–Crippen MR) is 74.6 cm³/mol. The molecule has 1 N–H and O–H groups in total. The number of esters is 1. The van der Waals surface area contributed by atoms with Gasteiger partial charge in [0, 0.05) is 5.69 Å². The minimum atomic E-state index is -0.610. The van der Waals surface area contributed by atoms with Crippen molar-refractivity contribution in [2.24, 2.45) is 0 Å². The quantitative estimate of drug-likeness (QED) is 0.657. The third-order valence-electron chi connectivity index (χ3n) is 3.25. The minimum Gasteiger partial charge on any atom is -0.462 e. The Balaban J connectivity index is 1.99. The molecule has 1 aliphatic heterocycles. The largest absolute Gasteiger partial charge is 0.462 e. The summed E-state index contributed by atoms with van der Waals surface area (Å²) in [5.74, 6) is -0.450. The summed E-state index contributed by atoms with van der Waals surface area (Å²) in [6.07, 6.45) is 1.37. The SMILES string of the molecule is CCCCOC(=O)c1ccc(N2CC(O)CC2=O)cc1. The van der Waals surface area contributed by atoms with Crippen LogP contribution in [0.1, 0.15) is 36.5 Å². The Morgan fingerprint density at radius 1 is 1.40 bits per heavy atom. The molecule has 2 rings (SSSR count). The third-order valence-corrected chi connectivity index (χ3v) is 3.25. The molecule has 1 amide bonds. The molecule has 0 aromatic heterocycles. The maximum atomic E-state index is 11.7. The molecule has 1 aromatic carbocycles. The summed E-state index contributed by atoms with van der Waals surface area (Å²) in [6, 6.07) is 6.68. The second-order valence-electron chi connectivity index (χ2n) is 4.90. The lowest BCUT2D eigenvalue weighted by molar-refractivity contribution is -0.117. The smallest absolute Gasteiger partial charge is 0.338 e. The van der Waals surface area contributed by atoms with Crippen LogP contribution in [-0.4, -0.2) is 36.2 Å². The van der Waals surface area contributed by atoms with Gasteiger partial charge in [0.15, 0.2) is 0 Å². The van der Waals surface area contributed by atoms with Gasteiger partial charge >= 0.3 is 5.97 Å². The number of carbonyl (C=O) groups is 2. The molecule has 108 valence electrons. The lowest BCUT2D eigenvalue weighted by atomic mass is 10.2. The Morgan fingerprint density at radius 3 is 2.65 bits per heavy atom. The molecule has 1 atom stereocenters. The van der Waals surface area contributed by atoms with Crippen molar-refractivity contribution in [2.75, 3.05) is 18.1 Å². The van der Waals surface area contributed by atoms with Crippen molar-refractivity contribution in [3.8, 4) is 0 Å². The van der Waals surface area contributed by atoms with Gasteiger partial charge in [-0.2, -0.15) is 0 Å². The number of hydrogen-bond donors (Lipinski definition) is 1. The molecule has 0 saturated carbocycles. The highest BCUT2D eigenvalue weighted by Crippen LogP contribution is 2.22. The number of unbranched alkanes of at least 4 members (excludes halogenated alkanes) is 1. The summed E-state index contributed by atoms with van der Waals surface area (Å²) >= 11 is 0. The number of β-amino-alcohol motifs (C(OH)–C–C–N with tert-alkyl or cyclic N) is 1. The lowest BCUT2D eigenvalue weighted by Crippen LogP contribution is -2.25. The summed E-state index contributed by atoms with van der Waals surface area (Å²) < 4.78 is 5.11. The van der Waals surface area contributed by atoms with Gasteiger partial charge in [0.05, 0.1) is 31.2 Å². The molecule has 20 heavy (non-hydrogen) atoms. The van der Waals surface area contributed by atoms with E-state index >= 15 is 0 Å². The van der Waals surface area contributed by atoms with E-state index in [9.17, 15) is 14.7 Å². The number of ether oxygens (including phenoxy) is 1. The zero-order valence-corrected chi connectivity index (χ0v) is 11.5. The number of rotatable bonds is 5. The van der Waals surface area contributed by atoms with Crippen LogP contribution in [0.3, 0.4) is 0 Å². The van der Waals surface area contributed by atoms with Crippen molar-refractivity contribution in [1.82, 2.24) is 0 Å². The van der Waals surface area contributed by atoms with Gasteiger partial charge < -0.3 is 14.7 Å². The second kappa shape index (κ2) is 6.52. The first-order chi connectivity index (χ1) is 9.61. The first-order valence-corrected chi connectivity index (χ1v) is 6.87. The third kappa shape index (κ3) is 3.36. The highest BCUT2D eigenvalue weighted by Gasteiger charge is 2.28. The van der Waals surface area contributed by atoms with Crippen LogP contribution < -0.4 is 4.90 Å². The van der Waals surface area contributed by atoms with E-state index in [-0.39, 0.29) is 18.3 Å². The zero-order valence-electron chi connectivity index (χ0n) is 11.5. The van der Waals surface area contributed by atoms with Gasteiger partial charge in [-0.25, -0.2) is 4.79 Å². The first-order valence-electron chi connectivity index (χ1n) is 6.87. The van der Waals surface area contributed by atoms with Crippen LogP contribution in [0.25, 0.3) is 0 Å². The molecule has 1 aromatic rings. The molecule has 5 heteroatoms. The first kappa shape index (κ1) is 14.5. The summed E-state index contributed by atoms with van der Waals surface area (Å²) in [4.78, 5) is 24.9. The van der Waals surface area contributed by atoms with Crippen LogP contribution in [0.4, 0.5) is 5.69 Å². The number of aliphatic hydroxyl groups is 1. The van der Waals surface area contributed by atoms with E-state index in [1.54, 1.807) is 24.3 Å². The van der Waals surface area contributed by atoms with Gasteiger partial charge in [-0.05, 0) is 30.7 Å². The van der Waals surface area contributed by atoms with Gasteiger partial charge in [-0.15, -0.1) is 0 Å². The maximum absolute atomic E-state index is 11.7. The van der Waals surface area contributed by atoms with Crippen molar-refractivity contribution < 1.29 is 19.4 Å². The molecular weight excluding hydrogens is 258 g/mol. The zero-order chi connectivity index (χ0) is 14.5. The average Bonchev–Trinajstić information content (AvgIpc) is 2.78. The molecule has 5 nitrogen and oxygen atoms in total. The van der Waals surface area contributed by atoms with Gasteiger partial charge in [-0.3, -0.25) is 4.79 Å². The standard InChI is InChI=1S/C15H19NO4/c1-2-3-8-20-15(19)11-4-6-12(7-5-11)16-10-13(17)9-14(16)18/h4-7,13,17H,2-3,8-10H2,1H3. The van der Waals surface area contributed by atoms with Crippen LogP contribution in [0.5, 0.6) is 0 Å². The van der Waals surface area contributed by atoms with Gasteiger partial charge in [0.2, 0.25) is 5.91 Å². The van der Waals surface area contributed by atoms with E-state index < -0.39 is 6.10 Å². The van der Waals surface area contributed by atoms with E-state index in [0.717, 1.165) is 12.8 Å². The van der Waals surface area contributed by atoms with Crippen molar-refractivity contribution in [3.05, 3.63) is 29.8 Å². The van der Waals surface area contributed by atoms with Crippen LogP contribution in [0, 0.1) is 0 Å². The number of amides is 1. The van der Waals surface area contributed by atoms with Gasteiger partial charge in [0.25, 0.3) is 0 Å². The van der Waals surface area contributed by atoms with Gasteiger partial charge in [0.1, 0.15) is 0 Å². The summed E-state index contributed by atoms with van der Waals surface area (Å²) in [6.45, 7) is 2.76. The molecule has 0 spiro atoms. The molecular formula is C15H19NO4. The molecule has 0 bridgehead atoms. The Kier molecular flexibility index (Phi) is 4.74. The van der Waals surface area contributed by atoms with Crippen molar-refractivity contribution in [2.45, 2.75) is 32.3 Å². The Labute approximate surface area is 118 Å². The summed E-state index contributed by atoms with van der Waals surface area (Å²) in [5.41, 5.74) is 1.16. The summed E-state index contributed by atoms with van der Waals surface area (Å²) in [5, 5.41) is 9.46. The number of hydrogen-bond acceptors (Lipinski definition) is 4. The molecule has 0 aliphatic carbocycles. The monoisotopic (exact) mass is 277 g/mol. The topological polar surface area (TPSA) is 66.8 Å². The van der Waals surface area contributed by atoms with Crippen molar-refractivity contribution in [3.63, 3.8) is 0 Å². The number of carbonyl (C=O) groups excluding carboxylic acids is 2. The van der Waals surface area contributed by atoms with Gasteiger partial charge in [-0.1, -0.05) is 13.3 Å². The highest BCUT2D eigenvalue weighted by atomic mass is 16.5. The molecule has 1 heterocycles. The van der Waals surface area contributed by atoms with E-state index in [1.807, 2.05) is 6.92 Å². The maximum Gasteiger partial charge on any atom is 0.338 e. The Morgan fingerprint density at radius 2 is 2.10 bits per heavy atom. The van der Waals surface area contributed by atoms with Crippen LogP contribution in [0.2, 0.25) is 0 Å². The summed E-state index contributed by atoms with van der Waals surface area (Å²) in [7, 11) is 0. The van der Waals surface area contributed by atoms with E-state index in [0.29, 0.717) is 24.4 Å². The molecule has 1 unspecified atom stereocenters. The number of benzene rings is 1. The van der Waals surface area contributed by atoms with E-state index in [1.165, 1.54) is 4.90 Å². The van der Waals surface area contributed by atoms with Crippen LogP contribution >= 0.6 is 0 Å². The van der Waals surface area contributed by atoms with Crippen LogP contribution in [0.15, 0.2) is 24.3 Å². The van der Waals surface area contributed by atoms with Crippen molar-refractivity contribution in [1.29, 1.82) is 0 Å². The predicted octanol–water partition coefficient (Wildman–Crippen LogP) is 1.74. The minimum absolute atomic E-state index is 0.101.